The van der Waals surface area contributed by atoms with Crippen molar-refractivity contribution in [3.63, 3.8) is 0 Å². The summed E-state index contributed by atoms with van der Waals surface area (Å²) in [6, 6.07) is 15.5. The van der Waals surface area contributed by atoms with Gasteiger partial charge in [-0.1, -0.05) is 30.3 Å². The highest BCUT2D eigenvalue weighted by Crippen LogP contribution is 2.29. The average Bonchev–Trinajstić information content (AvgIpc) is 2.89. The Kier molecular flexibility index (Phi) is 3.13. The van der Waals surface area contributed by atoms with Crippen molar-refractivity contribution >= 4 is 16.9 Å². The number of carboxylic acid groups (broad SMARTS) is 1. The van der Waals surface area contributed by atoms with Crippen molar-refractivity contribution < 1.29 is 14.6 Å². The Morgan fingerprint density at radius 3 is 2.60 bits per heavy atom. The van der Waals surface area contributed by atoms with Crippen molar-refractivity contribution in [2.75, 3.05) is 6.61 Å². The highest BCUT2D eigenvalue weighted by molar-refractivity contribution is 5.95. The second-order valence-electron chi connectivity index (χ2n) is 4.45. The normalized spacial score (nSPS) is 10.6. The minimum Gasteiger partial charge on any atom is -0.482 e. The summed E-state index contributed by atoms with van der Waals surface area (Å²) in [5, 5.41) is 9.73. The van der Waals surface area contributed by atoms with Crippen LogP contribution in [0.15, 0.2) is 54.7 Å². The van der Waals surface area contributed by atoms with E-state index in [9.17, 15) is 4.79 Å². The first-order valence-electron chi connectivity index (χ1n) is 6.25. The lowest BCUT2D eigenvalue weighted by Crippen LogP contribution is -2.09. The molecule has 0 aliphatic heterocycles. The maximum Gasteiger partial charge on any atom is 0.341 e. The smallest absolute Gasteiger partial charge is 0.341 e. The van der Waals surface area contributed by atoms with Gasteiger partial charge in [0.25, 0.3) is 0 Å². The van der Waals surface area contributed by atoms with Crippen molar-refractivity contribution in [2.24, 2.45) is 0 Å². The number of rotatable bonds is 4. The Bertz CT molecular complexity index is 744. The van der Waals surface area contributed by atoms with Crippen LogP contribution in [0.3, 0.4) is 0 Å². The predicted octanol–water partition coefficient (Wildman–Crippen LogP) is 3.30. The molecular weight excluding hydrogens is 254 g/mol. The summed E-state index contributed by atoms with van der Waals surface area (Å²) in [5.74, 6) is -0.429. The number of hydrogen-bond donors (Lipinski definition) is 2. The van der Waals surface area contributed by atoms with Gasteiger partial charge >= 0.3 is 5.97 Å². The molecule has 0 saturated carbocycles. The van der Waals surface area contributed by atoms with Gasteiger partial charge in [0.1, 0.15) is 5.75 Å². The lowest BCUT2D eigenvalue weighted by atomic mass is 10.0. The van der Waals surface area contributed by atoms with E-state index in [4.69, 9.17) is 9.84 Å². The highest BCUT2D eigenvalue weighted by Gasteiger charge is 2.06. The van der Waals surface area contributed by atoms with Crippen LogP contribution in [0.5, 0.6) is 5.75 Å². The van der Waals surface area contributed by atoms with Crippen molar-refractivity contribution in [1.82, 2.24) is 4.98 Å². The molecule has 0 unspecified atom stereocenters. The number of hydrogen-bond acceptors (Lipinski definition) is 2. The Balaban J connectivity index is 1.89. The van der Waals surface area contributed by atoms with Gasteiger partial charge in [0.2, 0.25) is 0 Å². The van der Waals surface area contributed by atoms with E-state index in [-0.39, 0.29) is 6.61 Å². The number of benzene rings is 2. The van der Waals surface area contributed by atoms with Gasteiger partial charge in [0, 0.05) is 22.7 Å². The molecule has 0 amide bonds. The zero-order chi connectivity index (χ0) is 13.9. The highest BCUT2D eigenvalue weighted by atomic mass is 16.5. The second-order valence-corrected chi connectivity index (χ2v) is 4.45. The maximum atomic E-state index is 10.4. The van der Waals surface area contributed by atoms with Crippen LogP contribution < -0.4 is 4.74 Å². The van der Waals surface area contributed by atoms with Gasteiger partial charge in [-0.2, -0.15) is 0 Å². The summed E-state index contributed by atoms with van der Waals surface area (Å²) in [7, 11) is 0. The summed E-state index contributed by atoms with van der Waals surface area (Å²) in [6.07, 6.45) is 1.97. The van der Waals surface area contributed by atoms with Crippen LogP contribution in [0.1, 0.15) is 0 Å². The van der Waals surface area contributed by atoms with Crippen LogP contribution in [0.25, 0.3) is 22.0 Å². The SMILES string of the molecule is O=C(O)COc1ccc(-c2c[nH]c3ccccc23)cc1. The fourth-order valence-electron chi connectivity index (χ4n) is 2.19. The maximum absolute atomic E-state index is 10.4. The number of H-pyrrole nitrogens is 1. The van der Waals surface area contributed by atoms with E-state index in [0.29, 0.717) is 5.75 Å². The lowest BCUT2D eigenvalue weighted by molar-refractivity contribution is -0.139. The standard InChI is InChI=1S/C16H13NO3/c18-16(19)10-20-12-7-5-11(6-8-12)14-9-17-15-4-2-1-3-13(14)15/h1-9,17H,10H2,(H,18,19). The third-order valence-electron chi connectivity index (χ3n) is 3.12. The van der Waals surface area contributed by atoms with Crippen molar-refractivity contribution in [3.8, 4) is 16.9 Å². The third kappa shape index (κ3) is 2.36. The van der Waals surface area contributed by atoms with Gasteiger partial charge < -0.3 is 14.8 Å². The molecule has 4 nitrogen and oxygen atoms in total. The lowest BCUT2D eigenvalue weighted by Gasteiger charge is -2.04. The van der Waals surface area contributed by atoms with E-state index in [0.717, 1.165) is 22.0 Å². The van der Waals surface area contributed by atoms with Crippen LogP contribution in [0.4, 0.5) is 0 Å². The number of nitrogens with one attached hydrogen (secondary N) is 1. The molecule has 0 fully saturated rings. The molecule has 2 aromatic carbocycles. The van der Waals surface area contributed by atoms with Crippen LogP contribution in [0.2, 0.25) is 0 Å². The number of carbonyl (C=O) groups is 1. The van der Waals surface area contributed by atoms with Gasteiger partial charge in [-0.3, -0.25) is 0 Å². The number of aromatic amines is 1. The van der Waals surface area contributed by atoms with Crippen LogP contribution in [-0.4, -0.2) is 22.7 Å². The average molecular weight is 267 g/mol. The molecule has 0 atom stereocenters. The predicted molar refractivity (Wildman–Crippen MR) is 76.9 cm³/mol. The van der Waals surface area contributed by atoms with E-state index in [1.165, 1.54) is 0 Å². The fraction of sp³-hybridized carbons (Fsp3) is 0.0625. The summed E-state index contributed by atoms with van der Waals surface area (Å²) in [4.78, 5) is 13.7. The first-order chi connectivity index (χ1) is 9.74. The number of aromatic nitrogens is 1. The van der Waals surface area contributed by atoms with Crippen molar-refractivity contribution in [1.29, 1.82) is 0 Å². The van der Waals surface area contributed by atoms with E-state index in [1.807, 2.05) is 36.5 Å². The molecule has 3 aromatic rings. The van der Waals surface area contributed by atoms with E-state index in [2.05, 4.69) is 11.1 Å². The van der Waals surface area contributed by atoms with Gasteiger partial charge in [-0.25, -0.2) is 4.79 Å². The van der Waals surface area contributed by atoms with Gasteiger partial charge in [0.15, 0.2) is 6.61 Å². The van der Waals surface area contributed by atoms with E-state index >= 15 is 0 Å². The number of aliphatic carboxylic acids is 1. The molecule has 20 heavy (non-hydrogen) atoms. The molecule has 100 valence electrons. The number of para-hydroxylation sites is 1. The third-order valence-corrected chi connectivity index (χ3v) is 3.12. The minimum atomic E-state index is -0.981. The molecule has 2 N–H and O–H groups in total. The van der Waals surface area contributed by atoms with E-state index < -0.39 is 5.97 Å². The quantitative estimate of drug-likeness (QED) is 0.762. The summed E-state index contributed by atoms with van der Waals surface area (Å²) in [5.41, 5.74) is 3.27. The summed E-state index contributed by atoms with van der Waals surface area (Å²) >= 11 is 0. The molecule has 1 aromatic heterocycles. The molecule has 0 bridgehead atoms. The Morgan fingerprint density at radius 1 is 1.10 bits per heavy atom. The number of fused-ring (bicyclic) bond motifs is 1. The van der Waals surface area contributed by atoms with E-state index in [1.54, 1.807) is 12.1 Å². The molecule has 1 heterocycles. The van der Waals surface area contributed by atoms with Gasteiger partial charge in [0.05, 0.1) is 0 Å². The molecule has 0 aliphatic rings. The molecular formula is C16H13NO3. The molecule has 3 rings (SSSR count). The topological polar surface area (TPSA) is 62.3 Å². The minimum absolute atomic E-state index is 0.327. The Labute approximate surface area is 115 Å². The first kappa shape index (κ1) is 12.3. The second kappa shape index (κ2) is 5.09. The first-order valence-corrected chi connectivity index (χ1v) is 6.25. The molecule has 0 saturated heterocycles. The van der Waals surface area contributed by atoms with Gasteiger partial charge in [-0.05, 0) is 23.8 Å². The van der Waals surface area contributed by atoms with Crippen LogP contribution in [-0.2, 0) is 4.79 Å². The van der Waals surface area contributed by atoms with Gasteiger partial charge in [-0.15, -0.1) is 0 Å². The zero-order valence-corrected chi connectivity index (χ0v) is 10.7. The number of carboxylic acids is 1. The summed E-state index contributed by atoms with van der Waals surface area (Å²) in [6.45, 7) is -0.327. The Morgan fingerprint density at radius 2 is 1.85 bits per heavy atom. The van der Waals surface area contributed by atoms with Crippen LogP contribution >= 0.6 is 0 Å². The fourth-order valence-corrected chi connectivity index (χ4v) is 2.19. The summed E-state index contributed by atoms with van der Waals surface area (Å²) < 4.78 is 5.12. The zero-order valence-electron chi connectivity index (χ0n) is 10.7. The monoisotopic (exact) mass is 267 g/mol. The largest absolute Gasteiger partial charge is 0.482 e. The molecule has 0 spiro atoms. The Hall–Kier alpha value is -2.75. The van der Waals surface area contributed by atoms with Crippen molar-refractivity contribution in [3.05, 3.63) is 54.7 Å². The van der Waals surface area contributed by atoms with Crippen molar-refractivity contribution in [2.45, 2.75) is 0 Å². The number of ether oxygens (including phenoxy) is 1. The van der Waals surface area contributed by atoms with Crippen LogP contribution in [0, 0.1) is 0 Å². The molecule has 0 radical (unpaired) electrons. The molecule has 0 aliphatic carbocycles. The molecule has 4 heteroatoms.